The predicted octanol–water partition coefficient (Wildman–Crippen LogP) is 4.93. The Labute approximate surface area is 236 Å². The molecule has 0 saturated heterocycles. The number of anilines is 1. The standard InChI is InChI=1S/C29H30N8O2S/c1-2-3-13-26-31-34-29(40-25(19-38)21-9-5-4-6-10-21)37(26)18-20-14-16-22(17-15-20)30-28(39)24-12-8-7-11-23(24)27-32-35-36-33-27/h4-12,14-17,25,38H,2-3,13,18-19H2,1H3,(H,30,39)(H,32,33,35,36). The van der Waals surface area contributed by atoms with Crippen molar-refractivity contribution in [2.24, 2.45) is 0 Å². The number of hydrogen-bond acceptors (Lipinski definition) is 8. The number of carbonyl (C=O) groups excluding carboxylic acids is 1. The zero-order chi connectivity index (χ0) is 27.7. The van der Waals surface area contributed by atoms with Gasteiger partial charge in [-0.15, -0.1) is 15.3 Å². The fraction of sp³-hybridized carbons (Fsp3) is 0.241. The monoisotopic (exact) mass is 554 g/mol. The average Bonchev–Trinajstić information content (AvgIpc) is 3.67. The van der Waals surface area contributed by atoms with Gasteiger partial charge in [0.05, 0.1) is 24.0 Å². The van der Waals surface area contributed by atoms with E-state index in [1.54, 1.807) is 18.2 Å². The smallest absolute Gasteiger partial charge is 0.256 e. The number of aryl methyl sites for hydroxylation is 1. The van der Waals surface area contributed by atoms with Gasteiger partial charge in [-0.25, -0.2) is 5.10 Å². The number of unbranched alkanes of at least 4 members (excludes halogenated alkanes) is 1. The van der Waals surface area contributed by atoms with Crippen LogP contribution in [0.3, 0.4) is 0 Å². The average molecular weight is 555 g/mol. The molecule has 0 radical (unpaired) electrons. The Morgan fingerprint density at radius 2 is 1.77 bits per heavy atom. The second-order valence-corrected chi connectivity index (χ2v) is 10.4. The number of rotatable bonds is 12. The molecule has 1 unspecified atom stereocenters. The molecule has 5 rings (SSSR count). The summed E-state index contributed by atoms with van der Waals surface area (Å²) in [7, 11) is 0. The summed E-state index contributed by atoms with van der Waals surface area (Å²) in [6.45, 7) is 2.73. The Morgan fingerprint density at radius 3 is 2.50 bits per heavy atom. The minimum atomic E-state index is -0.255. The van der Waals surface area contributed by atoms with Crippen LogP contribution < -0.4 is 5.32 Å². The molecule has 2 aromatic heterocycles. The van der Waals surface area contributed by atoms with Gasteiger partial charge in [0.15, 0.2) is 11.0 Å². The summed E-state index contributed by atoms with van der Waals surface area (Å²) in [5.41, 5.74) is 3.85. The fourth-order valence-electron chi connectivity index (χ4n) is 4.33. The maximum Gasteiger partial charge on any atom is 0.256 e. The van der Waals surface area contributed by atoms with Crippen LogP contribution in [-0.2, 0) is 13.0 Å². The zero-order valence-electron chi connectivity index (χ0n) is 22.1. The highest BCUT2D eigenvalue weighted by Crippen LogP contribution is 2.34. The molecule has 0 aliphatic heterocycles. The summed E-state index contributed by atoms with van der Waals surface area (Å²) in [6, 6.07) is 24.8. The first-order valence-electron chi connectivity index (χ1n) is 13.1. The molecule has 11 heteroatoms. The van der Waals surface area contributed by atoms with E-state index in [1.165, 1.54) is 11.8 Å². The number of aromatic amines is 1. The van der Waals surface area contributed by atoms with E-state index in [1.807, 2.05) is 60.7 Å². The lowest BCUT2D eigenvalue weighted by molar-refractivity contribution is 0.102. The summed E-state index contributed by atoms with van der Waals surface area (Å²) in [5, 5.41) is 36.5. The molecular weight excluding hydrogens is 524 g/mol. The van der Waals surface area contributed by atoms with Crippen molar-refractivity contribution in [1.29, 1.82) is 0 Å². The first-order valence-corrected chi connectivity index (χ1v) is 14.0. The zero-order valence-corrected chi connectivity index (χ0v) is 22.9. The molecule has 0 saturated carbocycles. The first kappa shape index (κ1) is 27.2. The molecule has 0 spiro atoms. The Hall–Kier alpha value is -4.35. The Balaban J connectivity index is 1.32. The number of nitrogens with one attached hydrogen (secondary N) is 2. The Kier molecular flexibility index (Phi) is 8.94. The Bertz CT molecular complexity index is 1520. The highest BCUT2D eigenvalue weighted by atomic mass is 32.2. The number of nitrogens with zero attached hydrogens (tertiary/aromatic N) is 6. The minimum Gasteiger partial charge on any atom is -0.395 e. The molecule has 1 atom stereocenters. The molecule has 10 nitrogen and oxygen atoms in total. The van der Waals surface area contributed by atoms with Crippen LogP contribution in [0.4, 0.5) is 5.69 Å². The van der Waals surface area contributed by atoms with Gasteiger partial charge in [0.2, 0.25) is 0 Å². The lowest BCUT2D eigenvalue weighted by atomic mass is 10.1. The van der Waals surface area contributed by atoms with E-state index in [-0.39, 0.29) is 17.8 Å². The van der Waals surface area contributed by atoms with Crippen LogP contribution in [0.15, 0.2) is 84.0 Å². The number of aliphatic hydroxyl groups is 1. The van der Waals surface area contributed by atoms with E-state index in [9.17, 15) is 9.90 Å². The van der Waals surface area contributed by atoms with Gasteiger partial charge < -0.3 is 15.0 Å². The van der Waals surface area contributed by atoms with Gasteiger partial charge in [-0.05, 0) is 46.2 Å². The van der Waals surface area contributed by atoms with E-state index in [2.05, 4.69) is 47.6 Å². The number of carbonyl (C=O) groups is 1. The van der Waals surface area contributed by atoms with Crippen molar-refractivity contribution in [3.8, 4) is 11.4 Å². The number of H-pyrrole nitrogens is 1. The van der Waals surface area contributed by atoms with Crippen LogP contribution in [0.1, 0.15) is 52.3 Å². The van der Waals surface area contributed by atoms with Crippen molar-refractivity contribution >= 4 is 23.4 Å². The Morgan fingerprint density at radius 1 is 1.00 bits per heavy atom. The lowest BCUT2D eigenvalue weighted by Crippen LogP contribution is -2.13. The van der Waals surface area contributed by atoms with E-state index in [0.717, 1.165) is 41.4 Å². The first-order chi connectivity index (χ1) is 19.7. The third kappa shape index (κ3) is 6.44. The number of benzene rings is 3. The number of hydrogen-bond donors (Lipinski definition) is 3. The van der Waals surface area contributed by atoms with Crippen molar-refractivity contribution in [1.82, 2.24) is 35.4 Å². The van der Waals surface area contributed by atoms with Crippen molar-refractivity contribution in [2.45, 2.75) is 43.1 Å². The van der Waals surface area contributed by atoms with Crippen LogP contribution in [-0.4, -0.2) is 53.0 Å². The molecule has 0 aliphatic carbocycles. The predicted molar refractivity (Wildman–Crippen MR) is 154 cm³/mol. The molecule has 5 aromatic rings. The van der Waals surface area contributed by atoms with Gasteiger partial charge in [-0.1, -0.05) is 85.8 Å². The van der Waals surface area contributed by atoms with Crippen LogP contribution in [0.2, 0.25) is 0 Å². The summed E-state index contributed by atoms with van der Waals surface area (Å²) in [6.07, 6.45) is 2.90. The van der Waals surface area contributed by atoms with Gasteiger partial charge in [0.25, 0.3) is 5.91 Å². The van der Waals surface area contributed by atoms with E-state index >= 15 is 0 Å². The molecule has 2 heterocycles. The third-order valence-electron chi connectivity index (χ3n) is 6.46. The summed E-state index contributed by atoms with van der Waals surface area (Å²) >= 11 is 1.52. The largest absolute Gasteiger partial charge is 0.395 e. The number of aromatic nitrogens is 7. The van der Waals surface area contributed by atoms with Crippen LogP contribution in [0.5, 0.6) is 0 Å². The summed E-state index contributed by atoms with van der Waals surface area (Å²) in [5.74, 6) is 1.10. The van der Waals surface area contributed by atoms with E-state index in [0.29, 0.717) is 29.2 Å². The van der Waals surface area contributed by atoms with Crippen molar-refractivity contribution in [2.75, 3.05) is 11.9 Å². The molecule has 0 aliphatic rings. The van der Waals surface area contributed by atoms with Gasteiger partial charge in [0, 0.05) is 17.7 Å². The number of tetrazole rings is 1. The second kappa shape index (κ2) is 13.1. The molecule has 0 bridgehead atoms. The summed E-state index contributed by atoms with van der Waals surface area (Å²) < 4.78 is 2.13. The lowest BCUT2D eigenvalue weighted by Gasteiger charge is -2.16. The van der Waals surface area contributed by atoms with Crippen molar-refractivity contribution < 1.29 is 9.90 Å². The van der Waals surface area contributed by atoms with Gasteiger partial charge in [0.1, 0.15) is 5.82 Å². The van der Waals surface area contributed by atoms with Crippen molar-refractivity contribution in [3.05, 3.63) is 101 Å². The number of aliphatic hydroxyl groups excluding tert-OH is 1. The highest BCUT2D eigenvalue weighted by molar-refractivity contribution is 7.99. The van der Waals surface area contributed by atoms with E-state index in [4.69, 9.17) is 0 Å². The van der Waals surface area contributed by atoms with Gasteiger partial charge >= 0.3 is 0 Å². The molecule has 3 N–H and O–H groups in total. The molecule has 0 fully saturated rings. The van der Waals surface area contributed by atoms with Gasteiger partial charge in [-0.3, -0.25) is 4.79 Å². The minimum absolute atomic E-state index is 0.00367. The molecule has 3 aromatic carbocycles. The SMILES string of the molecule is CCCCc1nnc(SC(CO)c2ccccc2)n1Cc1ccc(NC(=O)c2ccccc2-c2nnn[nH]2)cc1. The fourth-order valence-corrected chi connectivity index (χ4v) is 5.33. The maximum atomic E-state index is 13.1. The van der Waals surface area contributed by atoms with E-state index < -0.39 is 0 Å². The molecular formula is C29H30N8O2S. The topological polar surface area (TPSA) is 134 Å². The number of thioether (sulfide) groups is 1. The molecule has 40 heavy (non-hydrogen) atoms. The quantitative estimate of drug-likeness (QED) is 0.185. The normalized spacial score (nSPS) is 11.8. The molecule has 204 valence electrons. The maximum absolute atomic E-state index is 13.1. The summed E-state index contributed by atoms with van der Waals surface area (Å²) in [4.78, 5) is 13.1. The van der Waals surface area contributed by atoms with Gasteiger partial charge in [-0.2, -0.15) is 0 Å². The highest BCUT2D eigenvalue weighted by Gasteiger charge is 2.20. The third-order valence-corrected chi connectivity index (χ3v) is 7.68. The van der Waals surface area contributed by atoms with Crippen LogP contribution in [0, 0.1) is 0 Å². The second-order valence-electron chi connectivity index (χ2n) is 9.23. The van der Waals surface area contributed by atoms with Crippen LogP contribution >= 0.6 is 11.8 Å². The number of amides is 1. The van der Waals surface area contributed by atoms with Crippen molar-refractivity contribution in [3.63, 3.8) is 0 Å². The van der Waals surface area contributed by atoms with Crippen LogP contribution in [0.25, 0.3) is 11.4 Å². The molecule has 1 amide bonds.